The number of carbonyl (C=O) groups is 1. The van der Waals surface area contributed by atoms with Gasteiger partial charge >= 0.3 is 5.97 Å². The second-order valence-corrected chi connectivity index (χ2v) is 14.9. The van der Waals surface area contributed by atoms with Crippen LogP contribution in [0.3, 0.4) is 0 Å². The Labute approximate surface area is 274 Å². The van der Waals surface area contributed by atoms with Crippen molar-refractivity contribution in [1.82, 2.24) is 0 Å². The predicted octanol–water partition coefficient (Wildman–Crippen LogP) is 6.80. The third kappa shape index (κ3) is 8.75. The van der Waals surface area contributed by atoms with Crippen molar-refractivity contribution in [2.75, 3.05) is 25.7 Å². The van der Waals surface area contributed by atoms with Gasteiger partial charge < -0.3 is 14.6 Å². The van der Waals surface area contributed by atoms with Crippen molar-refractivity contribution in [3.8, 4) is 33.8 Å². The molecule has 0 bridgehead atoms. The van der Waals surface area contributed by atoms with Gasteiger partial charge in [-0.1, -0.05) is 72.8 Å². The first-order valence-corrected chi connectivity index (χ1v) is 18.2. The average Bonchev–Trinajstić information content (AvgIpc) is 3.06. The fraction of sp³-hybridized carbons (Fsp3) is 0.108. The van der Waals surface area contributed by atoms with Gasteiger partial charge in [0.05, 0.1) is 9.79 Å². The molecule has 5 rings (SSSR count). The van der Waals surface area contributed by atoms with Gasteiger partial charge in [0.1, 0.15) is 18.1 Å². The van der Waals surface area contributed by atoms with E-state index in [1.165, 1.54) is 12.5 Å². The molecule has 8 nitrogen and oxygen atoms in total. The third-order valence-electron chi connectivity index (χ3n) is 7.35. The van der Waals surface area contributed by atoms with Crippen LogP contribution in [0.5, 0.6) is 11.5 Å². The van der Waals surface area contributed by atoms with Crippen LogP contribution >= 0.6 is 0 Å². The molecular weight excluding hydrogens is 637 g/mol. The van der Waals surface area contributed by atoms with Gasteiger partial charge in [0.25, 0.3) is 0 Å². The summed E-state index contributed by atoms with van der Waals surface area (Å²) in [5.41, 5.74) is 6.44. The smallest absolute Gasteiger partial charge is 0.341 e. The van der Waals surface area contributed by atoms with Crippen molar-refractivity contribution in [3.05, 3.63) is 139 Å². The molecule has 0 radical (unpaired) electrons. The lowest BCUT2D eigenvalue weighted by Crippen LogP contribution is -2.09. The highest BCUT2D eigenvalue weighted by Crippen LogP contribution is 2.30. The van der Waals surface area contributed by atoms with Crippen LogP contribution in [-0.2, 0) is 24.5 Å². The van der Waals surface area contributed by atoms with Crippen LogP contribution in [0.1, 0.15) is 11.1 Å². The lowest BCUT2D eigenvalue weighted by molar-refractivity contribution is -0.139. The summed E-state index contributed by atoms with van der Waals surface area (Å²) in [6, 6.07) is 36.2. The first-order valence-electron chi connectivity index (χ1n) is 14.5. The molecular formula is C37H32O8S2. The van der Waals surface area contributed by atoms with Gasteiger partial charge in [-0.2, -0.15) is 0 Å². The molecule has 0 heterocycles. The number of hydrogen-bond donors (Lipinski definition) is 1. The molecule has 0 unspecified atom stereocenters. The van der Waals surface area contributed by atoms with E-state index in [9.17, 15) is 21.6 Å². The summed E-state index contributed by atoms with van der Waals surface area (Å²) in [6.45, 7) is -0.185. The Bertz CT molecular complexity index is 1980. The highest BCUT2D eigenvalue weighted by Gasteiger charge is 2.11. The number of rotatable bonds is 12. The van der Waals surface area contributed by atoms with E-state index in [4.69, 9.17) is 14.6 Å². The molecule has 0 amide bonds. The molecule has 5 aromatic rings. The van der Waals surface area contributed by atoms with Crippen LogP contribution in [0.4, 0.5) is 0 Å². The zero-order chi connectivity index (χ0) is 33.6. The van der Waals surface area contributed by atoms with Crippen LogP contribution in [-0.4, -0.2) is 53.6 Å². The van der Waals surface area contributed by atoms with Gasteiger partial charge in [-0.15, -0.1) is 0 Å². The predicted molar refractivity (Wildman–Crippen MR) is 182 cm³/mol. The number of ether oxygens (including phenoxy) is 2. The Balaban J connectivity index is 1.40. The van der Waals surface area contributed by atoms with E-state index < -0.39 is 32.3 Å². The second-order valence-electron chi connectivity index (χ2n) is 10.8. The summed E-state index contributed by atoms with van der Waals surface area (Å²) in [5.74, 6) is -0.0455. The van der Waals surface area contributed by atoms with Crippen molar-refractivity contribution in [2.24, 2.45) is 0 Å². The van der Waals surface area contributed by atoms with Crippen LogP contribution in [0.2, 0.25) is 0 Å². The number of hydrogen-bond acceptors (Lipinski definition) is 7. The molecule has 10 heteroatoms. The van der Waals surface area contributed by atoms with Crippen molar-refractivity contribution >= 4 is 31.2 Å². The molecule has 0 aliphatic carbocycles. The average molecular weight is 669 g/mol. The van der Waals surface area contributed by atoms with Crippen LogP contribution in [0.25, 0.3) is 27.8 Å². The largest absolute Gasteiger partial charge is 0.490 e. The van der Waals surface area contributed by atoms with E-state index in [1.807, 2.05) is 54.6 Å². The maximum atomic E-state index is 11.9. The lowest BCUT2D eigenvalue weighted by atomic mass is 9.94. The standard InChI is InChI=1S/C37H32O8S2/c1-46(40,41)34-19-11-28(12-20-34)26-3-7-30(8-4-26)36(23-24-44-32-15-17-33(18-16-32)45-25-37(38)39)31-9-5-27(6-10-31)29-13-21-35(22-14-29)47(2,42)43/h3-23H,24-25H2,1-2H3,(H,38,39). The minimum absolute atomic E-state index is 0.244. The molecule has 0 aliphatic rings. The molecule has 0 saturated carbocycles. The normalized spacial score (nSPS) is 11.4. The van der Waals surface area contributed by atoms with E-state index >= 15 is 0 Å². The highest BCUT2D eigenvalue weighted by atomic mass is 32.2. The summed E-state index contributed by atoms with van der Waals surface area (Å²) in [4.78, 5) is 11.3. The molecule has 0 aromatic heterocycles. The SMILES string of the molecule is CS(=O)(=O)c1ccc(-c2ccc(C(=CCOc3ccc(OCC(=O)O)cc3)c3ccc(-c4ccc(S(C)(=O)=O)cc4)cc3)cc2)cc1. The Morgan fingerprint density at radius 3 is 1.23 bits per heavy atom. The van der Waals surface area contributed by atoms with Crippen molar-refractivity contribution < 1.29 is 36.2 Å². The lowest BCUT2D eigenvalue weighted by Gasteiger charge is -2.13. The Morgan fingerprint density at radius 2 is 0.894 bits per heavy atom. The highest BCUT2D eigenvalue weighted by molar-refractivity contribution is 7.91. The molecule has 240 valence electrons. The summed E-state index contributed by atoms with van der Waals surface area (Å²) in [6.07, 6.45) is 4.34. The van der Waals surface area contributed by atoms with Crippen LogP contribution < -0.4 is 9.47 Å². The van der Waals surface area contributed by atoms with Crippen LogP contribution in [0.15, 0.2) is 137 Å². The first-order chi connectivity index (χ1) is 22.4. The van der Waals surface area contributed by atoms with Gasteiger partial charge in [0.15, 0.2) is 26.3 Å². The van der Waals surface area contributed by atoms with Gasteiger partial charge in [0.2, 0.25) is 0 Å². The number of aliphatic carboxylic acids is 1. The maximum Gasteiger partial charge on any atom is 0.341 e. The molecule has 0 saturated heterocycles. The number of sulfone groups is 2. The molecule has 47 heavy (non-hydrogen) atoms. The molecule has 0 spiro atoms. The monoisotopic (exact) mass is 668 g/mol. The van der Waals surface area contributed by atoms with Gasteiger partial charge in [-0.3, -0.25) is 0 Å². The zero-order valence-electron chi connectivity index (χ0n) is 25.7. The Kier molecular flexibility index (Phi) is 9.93. The maximum absolute atomic E-state index is 11.9. The summed E-state index contributed by atoms with van der Waals surface area (Å²) < 4.78 is 58.6. The quantitative estimate of drug-likeness (QED) is 0.154. The summed E-state index contributed by atoms with van der Waals surface area (Å²) >= 11 is 0. The molecule has 0 fully saturated rings. The first kappa shape index (κ1) is 33.2. The van der Waals surface area contributed by atoms with Crippen molar-refractivity contribution in [3.63, 3.8) is 0 Å². The second kappa shape index (κ2) is 14.1. The van der Waals surface area contributed by atoms with E-state index in [1.54, 1.807) is 72.8 Å². The van der Waals surface area contributed by atoms with Gasteiger partial charge in [-0.05, 0) is 93.6 Å². The van der Waals surface area contributed by atoms with E-state index in [0.29, 0.717) is 11.5 Å². The van der Waals surface area contributed by atoms with E-state index in [2.05, 4.69) is 0 Å². The molecule has 1 N–H and O–H groups in total. The third-order valence-corrected chi connectivity index (χ3v) is 9.60. The summed E-state index contributed by atoms with van der Waals surface area (Å²) in [5, 5.41) is 8.81. The Morgan fingerprint density at radius 1 is 0.553 bits per heavy atom. The van der Waals surface area contributed by atoms with Gasteiger partial charge in [0, 0.05) is 12.5 Å². The molecule has 0 aliphatic heterocycles. The number of benzene rings is 5. The van der Waals surface area contributed by atoms with E-state index in [-0.39, 0.29) is 16.4 Å². The van der Waals surface area contributed by atoms with Gasteiger partial charge in [-0.25, -0.2) is 21.6 Å². The number of carboxylic acids is 1. The van der Waals surface area contributed by atoms with Crippen molar-refractivity contribution in [2.45, 2.75) is 9.79 Å². The van der Waals surface area contributed by atoms with Crippen LogP contribution in [0, 0.1) is 0 Å². The number of carboxylic acid groups (broad SMARTS) is 1. The fourth-order valence-corrected chi connectivity index (χ4v) is 6.14. The minimum Gasteiger partial charge on any atom is -0.490 e. The van der Waals surface area contributed by atoms with Crippen molar-refractivity contribution in [1.29, 1.82) is 0 Å². The molecule has 5 aromatic carbocycles. The zero-order valence-corrected chi connectivity index (χ0v) is 27.3. The minimum atomic E-state index is -3.29. The molecule has 0 atom stereocenters. The van der Waals surface area contributed by atoms with E-state index in [0.717, 1.165) is 39.0 Å². The topological polar surface area (TPSA) is 124 Å². The summed E-state index contributed by atoms with van der Waals surface area (Å²) in [7, 11) is -6.57. The fourth-order valence-electron chi connectivity index (χ4n) is 4.87. The Hall–Kier alpha value is -5.19.